The molecule has 0 bridgehead atoms. The summed E-state index contributed by atoms with van der Waals surface area (Å²) in [4.78, 5) is 26.1. The molecule has 0 saturated heterocycles. The maximum absolute atomic E-state index is 12.3. The predicted molar refractivity (Wildman–Crippen MR) is 90.5 cm³/mol. The van der Waals surface area contributed by atoms with Gasteiger partial charge < -0.3 is 15.5 Å². The van der Waals surface area contributed by atoms with Crippen LogP contribution in [-0.4, -0.2) is 31.1 Å². The topological polar surface area (TPSA) is 61.4 Å². The minimum Gasteiger partial charge on any atom is -0.335 e. The molecule has 2 aliphatic rings. The summed E-state index contributed by atoms with van der Waals surface area (Å²) in [5.74, 6) is -0.0500. The smallest absolute Gasteiger partial charge is 0.315 e. The largest absolute Gasteiger partial charge is 0.335 e. The van der Waals surface area contributed by atoms with Crippen molar-refractivity contribution in [2.24, 2.45) is 0 Å². The Morgan fingerprint density at radius 3 is 2.61 bits per heavy atom. The number of rotatable bonds is 3. The minimum absolute atomic E-state index is 0.0485. The predicted octanol–water partition coefficient (Wildman–Crippen LogP) is 2.60. The van der Waals surface area contributed by atoms with Crippen LogP contribution >= 0.6 is 0 Å². The summed E-state index contributed by atoms with van der Waals surface area (Å²) in [6.45, 7) is 0.747. The summed E-state index contributed by atoms with van der Waals surface area (Å²) >= 11 is 0. The Morgan fingerprint density at radius 2 is 1.83 bits per heavy atom. The Bertz CT molecular complexity index is 565. The minimum atomic E-state index is -0.224. The van der Waals surface area contributed by atoms with Gasteiger partial charge in [0.15, 0.2) is 0 Å². The molecule has 1 aromatic rings. The first kappa shape index (κ1) is 15.8. The third-order valence-electron chi connectivity index (χ3n) is 4.78. The van der Waals surface area contributed by atoms with Crippen LogP contribution in [0.1, 0.15) is 44.1 Å². The van der Waals surface area contributed by atoms with E-state index in [2.05, 4.69) is 16.7 Å². The fraction of sp³-hybridized carbons (Fsp3) is 0.556. The number of carbonyl (C=O) groups is 2. The lowest BCUT2D eigenvalue weighted by Gasteiger charge is -2.19. The highest BCUT2D eigenvalue weighted by atomic mass is 16.2. The lowest BCUT2D eigenvalue weighted by atomic mass is 10.1. The third-order valence-corrected chi connectivity index (χ3v) is 4.78. The number of nitrogens with zero attached hydrogens (tertiary/aromatic N) is 1. The molecule has 0 unspecified atom stereocenters. The van der Waals surface area contributed by atoms with Gasteiger partial charge in [-0.05, 0) is 30.9 Å². The lowest BCUT2D eigenvalue weighted by Crippen LogP contribution is -2.46. The van der Waals surface area contributed by atoms with Gasteiger partial charge in [0, 0.05) is 18.3 Å². The van der Waals surface area contributed by atoms with E-state index in [1.165, 1.54) is 31.2 Å². The van der Waals surface area contributed by atoms with Gasteiger partial charge in [-0.3, -0.25) is 4.79 Å². The van der Waals surface area contributed by atoms with E-state index in [1.54, 1.807) is 4.90 Å². The number of hydrogen-bond acceptors (Lipinski definition) is 2. The van der Waals surface area contributed by atoms with Gasteiger partial charge in [-0.1, -0.05) is 43.9 Å². The number of carbonyl (C=O) groups excluding carboxylic acids is 2. The second-order valence-corrected chi connectivity index (χ2v) is 6.44. The Morgan fingerprint density at radius 1 is 1.09 bits per heavy atom. The highest BCUT2D eigenvalue weighted by molar-refractivity contribution is 5.98. The molecule has 1 aromatic carbocycles. The summed E-state index contributed by atoms with van der Waals surface area (Å²) in [5, 5.41) is 5.72. The fourth-order valence-corrected chi connectivity index (χ4v) is 3.51. The molecule has 0 aromatic heterocycles. The van der Waals surface area contributed by atoms with Crippen LogP contribution in [0.4, 0.5) is 10.5 Å². The van der Waals surface area contributed by atoms with Crippen LogP contribution in [0, 0.1) is 0 Å². The number of nitrogens with one attached hydrogen (secondary N) is 2. The van der Waals surface area contributed by atoms with Crippen molar-refractivity contribution in [1.82, 2.24) is 10.6 Å². The number of amides is 3. The van der Waals surface area contributed by atoms with Crippen molar-refractivity contribution in [3.8, 4) is 0 Å². The molecule has 1 fully saturated rings. The maximum Gasteiger partial charge on any atom is 0.315 e. The molecule has 3 rings (SSSR count). The van der Waals surface area contributed by atoms with Crippen molar-refractivity contribution in [1.29, 1.82) is 0 Å². The summed E-state index contributed by atoms with van der Waals surface area (Å²) in [6.07, 6.45) is 7.83. The molecule has 5 nitrogen and oxygen atoms in total. The van der Waals surface area contributed by atoms with Crippen LogP contribution in [0.25, 0.3) is 0 Å². The van der Waals surface area contributed by atoms with Gasteiger partial charge in [-0.25, -0.2) is 4.79 Å². The Kier molecular flexibility index (Phi) is 5.16. The zero-order valence-electron chi connectivity index (χ0n) is 13.5. The molecule has 1 heterocycles. The normalized spacial score (nSPS) is 18.2. The van der Waals surface area contributed by atoms with Gasteiger partial charge >= 0.3 is 6.03 Å². The average Bonchev–Trinajstić information content (AvgIpc) is 2.83. The summed E-state index contributed by atoms with van der Waals surface area (Å²) in [6, 6.07) is 7.97. The molecule has 5 heteroatoms. The van der Waals surface area contributed by atoms with Crippen LogP contribution in [0.15, 0.2) is 24.3 Å². The van der Waals surface area contributed by atoms with E-state index in [-0.39, 0.29) is 24.5 Å². The summed E-state index contributed by atoms with van der Waals surface area (Å²) in [7, 11) is 0. The first-order valence-corrected chi connectivity index (χ1v) is 8.66. The van der Waals surface area contributed by atoms with Crippen molar-refractivity contribution >= 4 is 17.6 Å². The molecule has 2 N–H and O–H groups in total. The second kappa shape index (κ2) is 7.49. The van der Waals surface area contributed by atoms with Gasteiger partial charge in [0.25, 0.3) is 0 Å². The molecule has 0 atom stereocenters. The zero-order chi connectivity index (χ0) is 16.1. The van der Waals surface area contributed by atoms with Gasteiger partial charge in [-0.2, -0.15) is 0 Å². The maximum atomic E-state index is 12.3. The van der Waals surface area contributed by atoms with Crippen molar-refractivity contribution in [3.05, 3.63) is 29.8 Å². The molecule has 0 radical (unpaired) electrons. The van der Waals surface area contributed by atoms with Crippen LogP contribution < -0.4 is 15.5 Å². The molecule has 1 aliphatic heterocycles. The first-order valence-electron chi connectivity index (χ1n) is 8.66. The molecular weight excluding hydrogens is 290 g/mol. The van der Waals surface area contributed by atoms with Crippen LogP contribution in [0.5, 0.6) is 0 Å². The van der Waals surface area contributed by atoms with Crippen molar-refractivity contribution in [3.63, 3.8) is 0 Å². The van der Waals surface area contributed by atoms with E-state index in [9.17, 15) is 9.59 Å². The third kappa shape index (κ3) is 4.03. The molecule has 1 saturated carbocycles. The van der Waals surface area contributed by atoms with Gasteiger partial charge in [0.1, 0.15) is 0 Å². The lowest BCUT2D eigenvalue weighted by molar-refractivity contribution is -0.117. The van der Waals surface area contributed by atoms with E-state index in [0.717, 1.165) is 24.9 Å². The van der Waals surface area contributed by atoms with Crippen molar-refractivity contribution < 1.29 is 9.59 Å². The number of fused-ring (bicyclic) bond motifs is 1. The highest BCUT2D eigenvalue weighted by Gasteiger charge is 2.24. The quantitative estimate of drug-likeness (QED) is 0.842. The van der Waals surface area contributed by atoms with E-state index in [1.807, 2.05) is 18.2 Å². The van der Waals surface area contributed by atoms with Gasteiger partial charge in [0.2, 0.25) is 5.91 Å². The number of benzene rings is 1. The van der Waals surface area contributed by atoms with Crippen LogP contribution in [0.3, 0.4) is 0 Å². The summed E-state index contributed by atoms with van der Waals surface area (Å²) in [5.41, 5.74) is 2.17. The van der Waals surface area contributed by atoms with Gasteiger partial charge in [-0.15, -0.1) is 0 Å². The highest BCUT2D eigenvalue weighted by Crippen LogP contribution is 2.27. The standard InChI is InChI=1S/C18H25N3O2/c22-17(21-12-11-14-7-5-6-10-16(14)21)13-19-18(23)20-15-8-3-1-2-4-9-15/h5-7,10,15H,1-4,8-9,11-13H2,(H2,19,20,23). The van der Waals surface area contributed by atoms with E-state index in [4.69, 9.17) is 0 Å². The molecule has 3 amide bonds. The zero-order valence-corrected chi connectivity index (χ0v) is 13.5. The second-order valence-electron chi connectivity index (χ2n) is 6.44. The summed E-state index contributed by atoms with van der Waals surface area (Å²) < 4.78 is 0. The van der Waals surface area contributed by atoms with Crippen molar-refractivity contribution in [2.45, 2.75) is 51.0 Å². The Labute approximate surface area is 137 Å². The van der Waals surface area contributed by atoms with Crippen LogP contribution in [0.2, 0.25) is 0 Å². The molecule has 124 valence electrons. The SMILES string of the molecule is O=C(NCC(=O)N1CCc2ccccc21)NC1CCCCCC1. The molecule has 23 heavy (non-hydrogen) atoms. The van der Waals surface area contributed by atoms with Crippen LogP contribution in [-0.2, 0) is 11.2 Å². The van der Waals surface area contributed by atoms with E-state index in [0.29, 0.717) is 6.54 Å². The number of urea groups is 1. The van der Waals surface area contributed by atoms with E-state index < -0.39 is 0 Å². The molecular formula is C18H25N3O2. The number of para-hydroxylation sites is 1. The first-order chi connectivity index (χ1) is 11.2. The fourth-order valence-electron chi connectivity index (χ4n) is 3.51. The van der Waals surface area contributed by atoms with Gasteiger partial charge in [0.05, 0.1) is 6.54 Å². The monoisotopic (exact) mass is 315 g/mol. The van der Waals surface area contributed by atoms with E-state index >= 15 is 0 Å². The number of hydrogen-bond donors (Lipinski definition) is 2. The molecule has 0 spiro atoms. The number of anilines is 1. The van der Waals surface area contributed by atoms with Crippen molar-refractivity contribution in [2.75, 3.05) is 18.0 Å². The Balaban J connectivity index is 1.46. The Hall–Kier alpha value is -2.04. The molecule has 1 aliphatic carbocycles. The average molecular weight is 315 g/mol.